The number of amides is 2. The first-order valence-electron chi connectivity index (χ1n) is 12.1. The molecular formula is C23H35FN6O3. The molecule has 2 amide bonds. The summed E-state index contributed by atoms with van der Waals surface area (Å²) in [6.45, 7) is 5.08. The van der Waals surface area contributed by atoms with Gasteiger partial charge in [-0.3, -0.25) is 19.7 Å². The van der Waals surface area contributed by atoms with Crippen LogP contribution in [0.3, 0.4) is 0 Å². The fourth-order valence-electron chi connectivity index (χ4n) is 5.61. The Balaban J connectivity index is 1.42. The summed E-state index contributed by atoms with van der Waals surface area (Å²) >= 11 is 0. The first kappa shape index (κ1) is 23.8. The van der Waals surface area contributed by atoms with Crippen LogP contribution in [0.4, 0.5) is 10.2 Å². The number of aromatic nitrogens is 2. The van der Waals surface area contributed by atoms with Crippen LogP contribution in [0, 0.1) is 24.6 Å². The van der Waals surface area contributed by atoms with Crippen LogP contribution in [-0.4, -0.2) is 76.2 Å². The number of fused-ring (bicyclic) bond motifs is 1. The highest BCUT2D eigenvalue weighted by Crippen LogP contribution is 2.31. The molecule has 0 bridgehead atoms. The quantitative estimate of drug-likeness (QED) is 0.328. The van der Waals surface area contributed by atoms with Crippen molar-refractivity contribution in [1.82, 2.24) is 25.2 Å². The van der Waals surface area contributed by atoms with Crippen LogP contribution in [0.2, 0.25) is 0 Å². The lowest BCUT2D eigenvalue weighted by atomic mass is 9.92. The Morgan fingerprint density at radius 3 is 2.79 bits per heavy atom. The fraction of sp³-hybridized carbons (Fsp3) is 0.739. The summed E-state index contributed by atoms with van der Waals surface area (Å²) in [7, 11) is 0. The number of nitrogens with one attached hydrogen (secondary N) is 1. The summed E-state index contributed by atoms with van der Waals surface area (Å²) < 4.78 is 15.4. The average Bonchev–Trinajstić information content (AvgIpc) is 3.50. The van der Waals surface area contributed by atoms with Crippen molar-refractivity contribution in [3.05, 3.63) is 17.3 Å². The first-order valence-corrected chi connectivity index (χ1v) is 12.1. The molecule has 9 nitrogen and oxygen atoms in total. The molecule has 4 rings (SSSR count). The molecule has 1 saturated carbocycles. The predicted molar refractivity (Wildman–Crippen MR) is 120 cm³/mol. The maximum atomic E-state index is 15.4. The van der Waals surface area contributed by atoms with Gasteiger partial charge in [-0.2, -0.15) is 0 Å². The summed E-state index contributed by atoms with van der Waals surface area (Å²) in [5.41, 5.74) is 0.163. The van der Waals surface area contributed by atoms with Crippen LogP contribution in [-0.2, 0) is 16.1 Å². The molecule has 2 atom stereocenters. The lowest BCUT2D eigenvalue weighted by molar-refractivity contribution is -0.155. The van der Waals surface area contributed by atoms with Gasteiger partial charge >= 0.3 is 0 Å². The van der Waals surface area contributed by atoms with Crippen molar-refractivity contribution >= 4 is 18.1 Å². The minimum absolute atomic E-state index is 0.0574. The largest absolute Gasteiger partial charge is 0.351 e. The molecule has 2 saturated heterocycles. The Bertz CT molecular complexity index is 850. The molecule has 2 aliphatic heterocycles. The minimum Gasteiger partial charge on any atom is -0.351 e. The van der Waals surface area contributed by atoms with E-state index < -0.39 is 11.7 Å². The van der Waals surface area contributed by atoms with Gasteiger partial charge in [0, 0.05) is 25.7 Å². The van der Waals surface area contributed by atoms with Crippen LogP contribution in [0.1, 0.15) is 56.5 Å². The van der Waals surface area contributed by atoms with Gasteiger partial charge in [-0.15, -0.1) is 0 Å². The maximum Gasteiger partial charge on any atom is 0.233 e. The number of nitrogens with zero attached hydrogens (tertiary/aromatic N) is 5. The predicted octanol–water partition coefficient (Wildman–Crippen LogP) is 1.87. The molecular weight excluding hydrogens is 427 g/mol. The average molecular weight is 463 g/mol. The van der Waals surface area contributed by atoms with Crippen molar-refractivity contribution < 1.29 is 19.2 Å². The molecule has 0 radical (unpaired) electrons. The van der Waals surface area contributed by atoms with Gasteiger partial charge in [-0.1, -0.05) is 25.7 Å². The van der Waals surface area contributed by atoms with Gasteiger partial charge in [0.2, 0.25) is 12.3 Å². The second kappa shape index (κ2) is 10.7. The number of aryl methyl sites for hydroxylation is 1. The number of rotatable bonds is 9. The van der Waals surface area contributed by atoms with Gasteiger partial charge in [-0.25, -0.2) is 19.4 Å². The van der Waals surface area contributed by atoms with Gasteiger partial charge < -0.3 is 10.2 Å². The third-order valence-corrected chi connectivity index (χ3v) is 7.32. The molecule has 10 heteroatoms. The minimum atomic E-state index is -0.552. The summed E-state index contributed by atoms with van der Waals surface area (Å²) in [5, 5.41) is 13.0. The molecule has 1 aromatic rings. The van der Waals surface area contributed by atoms with Gasteiger partial charge in [-0.05, 0) is 38.6 Å². The van der Waals surface area contributed by atoms with Gasteiger partial charge in [0.15, 0.2) is 11.6 Å². The van der Waals surface area contributed by atoms with Crippen LogP contribution in [0.5, 0.6) is 0 Å². The van der Waals surface area contributed by atoms with E-state index in [1.54, 1.807) is 6.92 Å². The van der Waals surface area contributed by atoms with E-state index in [4.69, 9.17) is 0 Å². The number of hydrogen-bond acceptors (Lipinski definition) is 7. The Hall–Kier alpha value is -2.33. The molecule has 182 valence electrons. The second-order valence-electron chi connectivity index (χ2n) is 9.66. The zero-order valence-electron chi connectivity index (χ0n) is 19.4. The van der Waals surface area contributed by atoms with Crippen LogP contribution in [0.25, 0.3) is 0 Å². The highest BCUT2D eigenvalue weighted by atomic mass is 19.1. The molecule has 0 unspecified atom stereocenters. The maximum absolute atomic E-state index is 15.4. The second-order valence-corrected chi connectivity index (χ2v) is 9.66. The fourth-order valence-corrected chi connectivity index (χ4v) is 5.61. The highest BCUT2D eigenvalue weighted by Gasteiger charge is 2.33. The van der Waals surface area contributed by atoms with Crippen molar-refractivity contribution in [3.63, 3.8) is 0 Å². The molecule has 3 fully saturated rings. The number of hydrogen-bond donors (Lipinski definition) is 2. The van der Waals surface area contributed by atoms with E-state index in [1.165, 1.54) is 6.42 Å². The van der Waals surface area contributed by atoms with E-state index in [0.717, 1.165) is 58.3 Å². The Morgan fingerprint density at radius 2 is 2.03 bits per heavy atom. The number of carbonyl (C=O) groups excluding carboxylic acids is 2. The number of hydroxylamine groups is 2. The molecule has 33 heavy (non-hydrogen) atoms. The zero-order valence-corrected chi connectivity index (χ0v) is 19.4. The third kappa shape index (κ3) is 5.78. The lowest BCUT2D eigenvalue weighted by Crippen LogP contribution is -2.50. The summed E-state index contributed by atoms with van der Waals surface area (Å²) in [5.74, 6) is -0.169. The van der Waals surface area contributed by atoms with Gasteiger partial charge in [0.25, 0.3) is 0 Å². The zero-order chi connectivity index (χ0) is 23.4. The van der Waals surface area contributed by atoms with Gasteiger partial charge in [0.05, 0.1) is 19.0 Å². The van der Waals surface area contributed by atoms with Crippen molar-refractivity contribution in [2.45, 2.75) is 64.5 Å². The van der Waals surface area contributed by atoms with Crippen molar-refractivity contribution in [2.75, 3.05) is 37.6 Å². The van der Waals surface area contributed by atoms with Crippen LogP contribution in [0.15, 0.2) is 0 Å². The summed E-state index contributed by atoms with van der Waals surface area (Å²) in [6.07, 6.45) is 7.57. The SMILES string of the molecule is Cc1nc(CNC(=O)[C@H](CC2CCCC2)CN(O)C=O)c(F)c(N2CCN3CCC[C@@H]3C2)n1. The lowest BCUT2D eigenvalue weighted by Gasteiger charge is -2.38. The van der Waals surface area contributed by atoms with Gasteiger partial charge in [0.1, 0.15) is 11.5 Å². The number of carbonyl (C=O) groups is 2. The van der Waals surface area contributed by atoms with E-state index in [-0.39, 0.29) is 24.7 Å². The van der Waals surface area contributed by atoms with Crippen molar-refractivity contribution in [1.29, 1.82) is 0 Å². The molecule has 0 aromatic carbocycles. The Kier molecular flexibility index (Phi) is 7.75. The monoisotopic (exact) mass is 462 g/mol. The molecule has 1 aromatic heterocycles. The van der Waals surface area contributed by atoms with Crippen LogP contribution >= 0.6 is 0 Å². The number of halogens is 1. The van der Waals surface area contributed by atoms with E-state index in [9.17, 15) is 14.8 Å². The molecule has 3 aliphatic rings. The topological polar surface area (TPSA) is 102 Å². The van der Waals surface area contributed by atoms with E-state index >= 15 is 4.39 Å². The molecule has 1 aliphatic carbocycles. The highest BCUT2D eigenvalue weighted by molar-refractivity contribution is 5.79. The molecule has 3 heterocycles. The summed E-state index contributed by atoms with van der Waals surface area (Å²) in [4.78, 5) is 36.9. The normalized spacial score (nSPS) is 22.3. The Labute approximate surface area is 194 Å². The van der Waals surface area contributed by atoms with Crippen molar-refractivity contribution in [3.8, 4) is 0 Å². The Morgan fingerprint density at radius 1 is 1.24 bits per heavy atom. The van der Waals surface area contributed by atoms with Crippen molar-refractivity contribution in [2.24, 2.45) is 11.8 Å². The molecule has 0 spiro atoms. The van der Waals surface area contributed by atoms with E-state index in [0.29, 0.717) is 41.5 Å². The standard InChI is InChI=1S/C23H35FN6O3/c1-16-26-20(21(24)22(27-16)29-10-9-28-8-4-7-19(28)14-29)12-25-23(32)18(13-30(33)15-31)11-17-5-2-3-6-17/h15,17-19,33H,2-14H2,1H3,(H,25,32)/t18-,19-/m1/s1. The first-order chi connectivity index (χ1) is 15.9. The third-order valence-electron chi connectivity index (χ3n) is 7.32. The smallest absolute Gasteiger partial charge is 0.233 e. The van der Waals surface area contributed by atoms with Crippen LogP contribution < -0.4 is 10.2 Å². The van der Waals surface area contributed by atoms with E-state index in [1.807, 2.05) is 4.90 Å². The summed E-state index contributed by atoms with van der Waals surface area (Å²) in [6, 6.07) is 0.437. The van der Waals surface area contributed by atoms with E-state index in [2.05, 4.69) is 20.2 Å². The number of piperazine rings is 1. The number of anilines is 1. The molecule has 2 N–H and O–H groups in total.